The Morgan fingerprint density at radius 3 is 2.55 bits per heavy atom. The second-order valence-electron chi connectivity index (χ2n) is 4.34. The Hall–Kier alpha value is -2.35. The van der Waals surface area contributed by atoms with Gasteiger partial charge in [-0.2, -0.15) is 8.42 Å². The number of hydrogen-bond acceptors (Lipinski definition) is 4. The van der Waals surface area contributed by atoms with Crippen LogP contribution in [0.25, 0.3) is 0 Å². The summed E-state index contributed by atoms with van der Waals surface area (Å²) in [6.07, 6.45) is 1.61. The van der Waals surface area contributed by atoms with Crippen LogP contribution < -0.4 is 10.5 Å². The van der Waals surface area contributed by atoms with Crippen LogP contribution in [-0.2, 0) is 16.4 Å². The van der Waals surface area contributed by atoms with Gasteiger partial charge in [0.05, 0.1) is 12.0 Å². The van der Waals surface area contributed by atoms with Gasteiger partial charge in [-0.25, -0.2) is 4.98 Å². The molecule has 0 aliphatic heterocycles. The molecule has 8 heteroatoms. The zero-order valence-electron chi connectivity index (χ0n) is 10.8. The number of H-pyrrole nitrogens is 1. The highest BCUT2D eigenvalue weighted by Crippen LogP contribution is 2.15. The summed E-state index contributed by atoms with van der Waals surface area (Å²) >= 11 is 0. The van der Waals surface area contributed by atoms with Gasteiger partial charge < -0.3 is 10.7 Å². The molecule has 0 saturated heterocycles. The van der Waals surface area contributed by atoms with Crippen LogP contribution in [0.15, 0.2) is 35.5 Å². The first-order valence-corrected chi connectivity index (χ1v) is 7.31. The van der Waals surface area contributed by atoms with E-state index in [0.717, 1.165) is 5.56 Å². The number of aryl methyl sites for hydroxylation is 1. The van der Waals surface area contributed by atoms with Crippen molar-refractivity contribution < 1.29 is 8.42 Å². The molecule has 0 aliphatic rings. The van der Waals surface area contributed by atoms with Gasteiger partial charge in [0.15, 0.2) is 5.03 Å². The molecule has 0 saturated carbocycles. The number of aromatic nitrogens is 2. The lowest BCUT2D eigenvalue weighted by Crippen LogP contribution is -2.14. The van der Waals surface area contributed by atoms with Gasteiger partial charge in [-0.3, -0.25) is 10.1 Å². The van der Waals surface area contributed by atoms with E-state index in [1.165, 1.54) is 6.20 Å². The third-order valence-corrected chi connectivity index (χ3v) is 3.86. The monoisotopic (exact) mass is 293 g/mol. The summed E-state index contributed by atoms with van der Waals surface area (Å²) in [4.78, 5) is 6.53. The molecule has 1 heterocycles. The first kappa shape index (κ1) is 14.1. The molecule has 1 aromatic heterocycles. The summed E-state index contributed by atoms with van der Waals surface area (Å²) < 4.78 is 26.5. The standard InChI is InChI=1S/C12H15N5O2S/c1-8-15-7-12(16-8)20(18,19)17-10-4-2-9(3-5-10)6-11(13)14/h2-5,7,17H,6H2,1H3,(H3,13,14)(H,15,16). The highest BCUT2D eigenvalue weighted by Gasteiger charge is 2.16. The van der Waals surface area contributed by atoms with Gasteiger partial charge in [-0.05, 0) is 24.6 Å². The van der Waals surface area contributed by atoms with E-state index in [-0.39, 0.29) is 10.9 Å². The molecule has 0 aliphatic carbocycles. The summed E-state index contributed by atoms with van der Waals surface area (Å²) in [5.74, 6) is 0.591. The fourth-order valence-electron chi connectivity index (χ4n) is 1.66. The number of aromatic amines is 1. The summed E-state index contributed by atoms with van der Waals surface area (Å²) in [5, 5.41) is 7.22. The van der Waals surface area contributed by atoms with E-state index in [4.69, 9.17) is 11.1 Å². The predicted molar refractivity (Wildman–Crippen MR) is 76.2 cm³/mol. The molecule has 20 heavy (non-hydrogen) atoms. The number of nitrogens with one attached hydrogen (secondary N) is 3. The first-order chi connectivity index (χ1) is 9.37. The lowest BCUT2D eigenvalue weighted by molar-refractivity contribution is 0.598. The summed E-state index contributed by atoms with van der Waals surface area (Å²) in [6, 6.07) is 6.69. The maximum Gasteiger partial charge on any atom is 0.278 e. The van der Waals surface area contributed by atoms with Crippen molar-refractivity contribution >= 4 is 21.5 Å². The summed E-state index contributed by atoms with van der Waals surface area (Å²) in [7, 11) is -3.66. The topological polar surface area (TPSA) is 125 Å². The number of imidazole rings is 1. The Morgan fingerprint density at radius 1 is 1.40 bits per heavy atom. The van der Waals surface area contributed by atoms with Gasteiger partial charge in [-0.15, -0.1) is 0 Å². The molecule has 0 unspecified atom stereocenters. The maximum atomic E-state index is 12.0. The fraction of sp³-hybridized carbons (Fsp3) is 0.167. The van der Waals surface area contributed by atoms with Crippen LogP contribution in [0, 0.1) is 12.3 Å². The average Bonchev–Trinajstić information content (AvgIpc) is 2.78. The van der Waals surface area contributed by atoms with E-state index in [2.05, 4.69) is 14.7 Å². The van der Waals surface area contributed by atoms with Crippen LogP contribution in [0.3, 0.4) is 0 Å². The minimum absolute atomic E-state index is 0.0165. The second kappa shape index (κ2) is 5.33. The van der Waals surface area contributed by atoms with E-state index in [0.29, 0.717) is 17.9 Å². The molecule has 1 aromatic carbocycles. The van der Waals surface area contributed by atoms with Crippen LogP contribution in [0.1, 0.15) is 11.4 Å². The van der Waals surface area contributed by atoms with Crippen molar-refractivity contribution in [3.63, 3.8) is 0 Å². The smallest absolute Gasteiger partial charge is 0.278 e. The van der Waals surface area contributed by atoms with Crippen molar-refractivity contribution in [3.05, 3.63) is 41.9 Å². The molecule has 0 fully saturated rings. The van der Waals surface area contributed by atoms with Gasteiger partial charge >= 0.3 is 0 Å². The predicted octanol–water partition coefficient (Wildman–Crippen LogP) is 0.997. The fourth-order valence-corrected chi connectivity index (χ4v) is 2.69. The number of hydrogen-bond donors (Lipinski definition) is 4. The van der Waals surface area contributed by atoms with Crippen molar-refractivity contribution in [1.29, 1.82) is 5.41 Å². The minimum Gasteiger partial charge on any atom is -0.387 e. The highest BCUT2D eigenvalue weighted by molar-refractivity contribution is 7.92. The van der Waals surface area contributed by atoms with Crippen LogP contribution in [-0.4, -0.2) is 24.2 Å². The van der Waals surface area contributed by atoms with E-state index >= 15 is 0 Å². The number of rotatable bonds is 5. The van der Waals surface area contributed by atoms with Crippen molar-refractivity contribution in [2.24, 2.45) is 5.73 Å². The number of amidine groups is 1. The van der Waals surface area contributed by atoms with Crippen molar-refractivity contribution in [2.45, 2.75) is 18.4 Å². The van der Waals surface area contributed by atoms with E-state index in [1.54, 1.807) is 31.2 Å². The largest absolute Gasteiger partial charge is 0.387 e. The number of nitrogens with two attached hydrogens (primary N) is 1. The molecule has 2 rings (SSSR count). The van der Waals surface area contributed by atoms with Crippen LogP contribution in [0.4, 0.5) is 5.69 Å². The summed E-state index contributed by atoms with van der Waals surface area (Å²) in [5.41, 5.74) is 6.58. The molecule has 0 radical (unpaired) electrons. The zero-order valence-corrected chi connectivity index (χ0v) is 11.7. The van der Waals surface area contributed by atoms with Gasteiger partial charge in [0.2, 0.25) is 0 Å². The van der Waals surface area contributed by atoms with Crippen LogP contribution >= 0.6 is 0 Å². The molecule has 2 aromatic rings. The van der Waals surface area contributed by atoms with Gasteiger partial charge in [-0.1, -0.05) is 12.1 Å². The Labute approximate surface area is 116 Å². The molecule has 0 amide bonds. The lowest BCUT2D eigenvalue weighted by atomic mass is 10.1. The highest BCUT2D eigenvalue weighted by atomic mass is 32.2. The maximum absolute atomic E-state index is 12.0. The number of benzene rings is 1. The van der Waals surface area contributed by atoms with Crippen molar-refractivity contribution in [2.75, 3.05) is 4.72 Å². The second-order valence-corrected chi connectivity index (χ2v) is 5.99. The first-order valence-electron chi connectivity index (χ1n) is 5.83. The molecular weight excluding hydrogens is 278 g/mol. The molecule has 5 N–H and O–H groups in total. The van der Waals surface area contributed by atoms with E-state index in [1.807, 2.05) is 0 Å². The van der Waals surface area contributed by atoms with Gasteiger partial charge in [0.25, 0.3) is 10.0 Å². The third kappa shape index (κ3) is 3.35. The Kier molecular flexibility index (Phi) is 3.75. The molecule has 106 valence electrons. The van der Waals surface area contributed by atoms with E-state index in [9.17, 15) is 8.42 Å². The average molecular weight is 293 g/mol. The number of nitrogens with zero attached hydrogens (tertiary/aromatic N) is 1. The van der Waals surface area contributed by atoms with E-state index < -0.39 is 10.0 Å². The SMILES string of the molecule is Cc1ncc(S(=O)(=O)Nc2ccc(CC(=N)N)cc2)[nH]1. The quantitative estimate of drug-likeness (QED) is 0.484. The lowest BCUT2D eigenvalue weighted by Gasteiger charge is -2.07. The Morgan fingerprint density at radius 2 is 2.05 bits per heavy atom. The molecule has 0 spiro atoms. The van der Waals surface area contributed by atoms with Crippen LogP contribution in [0.2, 0.25) is 0 Å². The minimum atomic E-state index is -3.66. The third-order valence-electron chi connectivity index (χ3n) is 2.57. The Bertz CT molecular complexity index is 719. The van der Waals surface area contributed by atoms with Gasteiger partial charge in [0.1, 0.15) is 5.82 Å². The molecule has 7 nitrogen and oxygen atoms in total. The van der Waals surface area contributed by atoms with Crippen molar-refractivity contribution in [3.8, 4) is 0 Å². The summed E-state index contributed by atoms with van der Waals surface area (Å²) in [6.45, 7) is 1.68. The van der Waals surface area contributed by atoms with Crippen molar-refractivity contribution in [1.82, 2.24) is 9.97 Å². The van der Waals surface area contributed by atoms with Crippen LogP contribution in [0.5, 0.6) is 0 Å². The zero-order chi connectivity index (χ0) is 14.8. The van der Waals surface area contributed by atoms with Gasteiger partial charge in [0, 0.05) is 12.1 Å². The Balaban J connectivity index is 2.15. The normalized spacial score (nSPS) is 11.2. The molecular formula is C12H15N5O2S. The number of sulfonamides is 1. The number of anilines is 1. The molecule has 0 atom stereocenters. The molecule has 0 bridgehead atoms.